The fourth-order valence-corrected chi connectivity index (χ4v) is 5.19. The first-order valence-electron chi connectivity index (χ1n) is 11.5. The van der Waals surface area contributed by atoms with E-state index in [0.29, 0.717) is 17.0 Å². The van der Waals surface area contributed by atoms with E-state index in [1.165, 1.54) is 4.90 Å². The highest BCUT2D eigenvalue weighted by atomic mass is 35.5. The predicted octanol–water partition coefficient (Wildman–Crippen LogP) is 6.13. The van der Waals surface area contributed by atoms with Crippen molar-refractivity contribution in [1.82, 2.24) is 4.90 Å². The molecule has 1 aliphatic carbocycles. The second kappa shape index (κ2) is 10.5. The van der Waals surface area contributed by atoms with Crippen LogP contribution in [-0.2, 0) is 14.3 Å². The van der Waals surface area contributed by atoms with Crippen molar-refractivity contribution < 1.29 is 19.1 Å². The molecular weight excluding hydrogens is 426 g/mol. The van der Waals surface area contributed by atoms with Crippen molar-refractivity contribution in [3.05, 3.63) is 70.7 Å². The van der Waals surface area contributed by atoms with Crippen LogP contribution in [0.5, 0.6) is 0 Å². The Balaban J connectivity index is 1.54. The summed E-state index contributed by atoms with van der Waals surface area (Å²) >= 11 is 6.12. The Morgan fingerprint density at radius 1 is 1.09 bits per heavy atom. The molecule has 1 saturated heterocycles. The summed E-state index contributed by atoms with van der Waals surface area (Å²) in [4.78, 5) is 27.3. The zero-order valence-electron chi connectivity index (χ0n) is 18.4. The van der Waals surface area contributed by atoms with Crippen LogP contribution < -0.4 is 0 Å². The van der Waals surface area contributed by atoms with Gasteiger partial charge in [0.25, 0.3) is 0 Å². The van der Waals surface area contributed by atoms with E-state index in [1.807, 2.05) is 61.5 Å². The number of hydrogen-bond acceptors (Lipinski definition) is 4. The number of hydrogen-bond donors (Lipinski definition) is 0. The second-order valence-electron chi connectivity index (χ2n) is 8.62. The molecule has 2 amide bonds. The fraction of sp³-hybridized carbons (Fsp3) is 0.462. The monoisotopic (exact) mass is 455 g/mol. The highest BCUT2D eigenvalue weighted by Gasteiger charge is 2.40. The number of carbonyl (C=O) groups is 2. The lowest BCUT2D eigenvalue weighted by atomic mass is 9.74. The molecule has 1 saturated carbocycles. The lowest BCUT2D eigenvalue weighted by Crippen LogP contribution is -2.36. The van der Waals surface area contributed by atoms with Crippen molar-refractivity contribution in [3.63, 3.8) is 0 Å². The molecule has 2 atom stereocenters. The molecule has 32 heavy (non-hydrogen) atoms. The summed E-state index contributed by atoms with van der Waals surface area (Å²) < 4.78 is 11.1. The Morgan fingerprint density at radius 3 is 2.44 bits per heavy atom. The van der Waals surface area contributed by atoms with Gasteiger partial charge in [0.05, 0.1) is 6.10 Å². The third-order valence-electron chi connectivity index (χ3n) is 6.71. The van der Waals surface area contributed by atoms with Crippen LogP contribution in [-0.4, -0.2) is 36.2 Å². The van der Waals surface area contributed by atoms with Crippen LogP contribution in [0.1, 0.15) is 62.1 Å². The van der Waals surface area contributed by atoms with Crippen molar-refractivity contribution in [2.75, 3.05) is 13.2 Å². The molecule has 0 bridgehead atoms. The molecule has 5 nitrogen and oxygen atoms in total. The van der Waals surface area contributed by atoms with Crippen LogP contribution in [0, 0.1) is 5.92 Å². The van der Waals surface area contributed by atoms with Crippen LogP contribution in [0.3, 0.4) is 0 Å². The average molecular weight is 456 g/mol. The van der Waals surface area contributed by atoms with E-state index in [1.54, 1.807) is 0 Å². The van der Waals surface area contributed by atoms with Gasteiger partial charge in [-0.1, -0.05) is 54.1 Å². The number of cyclic esters (lactones) is 1. The van der Waals surface area contributed by atoms with E-state index >= 15 is 0 Å². The Labute approximate surface area is 194 Å². The van der Waals surface area contributed by atoms with Gasteiger partial charge in [-0.05, 0) is 67.7 Å². The van der Waals surface area contributed by atoms with Gasteiger partial charge >= 0.3 is 6.09 Å². The molecular formula is C26H30ClNO4. The summed E-state index contributed by atoms with van der Waals surface area (Å²) in [6.45, 7) is 2.95. The van der Waals surface area contributed by atoms with Gasteiger partial charge in [0.2, 0.25) is 5.91 Å². The first-order chi connectivity index (χ1) is 15.6. The summed E-state index contributed by atoms with van der Waals surface area (Å²) in [5, 5.41) is 0.672. The molecule has 170 valence electrons. The van der Waals surface area contributed by atoms with Gasteiger partial charge in [-0.2, -0.15) is 0 Å². The lowest BCUT2D eigenvalue weighted by molar-refractivity contribution is -0.130. The number of carbonyl (C=O) groups excluding carboxylic acids is 2. The van der Waals surface area contributed by atoms with Crippen molar-refractivity contribution in [1.29, 1.82) is 0 Å². The molecule has 0 N–H and O–H groups in total. The second-order valence-corrected chi connectivity index (χ2v) is 9.06. The van der Waals surface area contributed by atoms with Crippen LogP contribution in [0.25, 0.3) is 0 Å². The van der Waals surface area contributed by atoms with Crippen molar-refractivity contribution >= 4 is 23.6 Å². The number of rotatable bonds is 7. The van der Waals surface area contributed by atoms with Gasteiger partial charge in [-0.25, -0.2) is 9.69 Å². The topological polar surface area (TPSA) is 55.8 Å². The van der Waals surface area contributed by atoms with Gasteiger partial charge in [-0.15, -0.1) is 0 Å². The average Bonchev–Trinajstić information content (AvgIpc) is 3.21. The van der Waals surface area contributed by atoms with Crippen molar-refractivity contribution in [3.8, 4) is 0 Å². The molecule has 0 spiro atoms. The predicted molar refractivity (Wildman–Crippen MR) is 124 cm³/mol. The van der Waals surface area contributed by atoms with Gasteiger partial charge in [0.1, 0.15) is 12.6 Å². The smallest absolute Gasteiger partial charge is 0.417 e. The maximum atomic E-state index is 13.5. The third kappa shape index (κ3) is 5.16. The summed E-state index contributed by atoms with van der Waals surface area (Å²) in [7, 11) is 0. The first kappa shape index (κ1) is 22.8. The summed E-state index contributed by atoms with van der Waals surface area (Å²) in [5.74, 6) is 0.186. The Hall–Kier alpha value is -2.37. The molecule has 0 aromatic heterocycles. The van der Waals surface area contributed by atoms with Crippen LogP contribution in [0.15, 0.2) is 54.6 Å². The standard InChI is InChI=1S/C26H30ClNO4/c1-2-31-22-14-10-19(11-15-22)23(18-8-12-21(27)13-9-18)16-25(29)28-24(17-32-26(28)30)20-6-4-3-5-7-20/h3-9,12-13,19,22-24H,2,10-11,14-17H2,1H3/t19-,22-,23-,24-/m0/s1. The number of ether oxygens (including phenoxy) is 2. The molecule has 1 aliphatic heterocycles. The van der Waals surface area contributed by atoms with Crippen LogP contribution >= 0.6 is 11.6 Å². The Morgan fingerprint density at radius 2 is 1.78 bits per heavy atom. The maximum absolute atomic E-state index is 13.5. The molecule has 6 heteroatoms. The number of amides is 2. The van der Waals surface area contributed by atoms with E-state index in [9.17, 15) is 9.59 Å². The molecule has 0 unspecified atom stereocenters. The van der Waals surface area contributed by atoms with E-state index < -0.39 is 6.09 Å². The normalized spacial score (nSPS) is 24.2. The van der Waals surface area contributed by atoms with Crippen molar-refractivity contribution in [2.24, 2.45) is 5.92 Å². The largest absolute Gasteiger partial charge is 0.446 e. The SMILES string of the molecule is CCO[C@H]1CC[C@H]([C@@H](CC(=O)N2C(=O)OC[C@H]2c2ccccc2)c2ccc(Cl)cc2)CC1. The van der Waals surface area contributed by atoms with Crippen LogP contribution in [0.4, 0.5) is 4.79 Å². The molecule has 2 aliphatic rings. The molecule has 2 aromatic carbocycles. The number of imide groups is 1. The van der Waals surface area contributed by atoms with Gasteiger partial charge in [-0.3, -0.25) is 4.79 Å². The number of nitrogens with zero attached hydrogens (tertiary/aromatic N) is 1. The highest BCUT2D eigenvalue weighted by Crippen LogP contribution is 2.40. The van der Waals surface area contributed by atoms with Gasteiger partial charge in [0.15, 0.2) is 0 Å². The summed E-state index contributed by atoms with van der Waals surface area (Å²) in [6, 6.07) is 17.0. The molecule has 1 heterocycles. The lowest BCUT2D eigenvalue weighted by Gasteiger charge is -2.34. The zero-order valence-corrected chi connectivity index (χ0v) is 19.2. The molecule has 4 rings (SSSR count). The van der Waals surface area contributed by atoms with E-state index in [-0.39, 0.29) is 30.9 Å². The minimum Gasteiger partial charge on any atom is -0.446 e. The maximum Gasteiger partial charge on any atom is 0.417 e. The zero-order chi connectivity index (χ0) is 22.5. The fourth-order valence-electron chi connectivity index (χ4n) is 5.06. The number of benzene rings is 2. The Bertz CT molecular complexity index is 909. The summed E-state index contributed by atoms with van der Waals surface area (Å²) in [6.07, 6.45) is 4.00. The molecule has 2 aromatic rings. The van der Waals surface area contributed by atoms with E-state index in [2.05, 4.69) is 0 Å². The molecule has 0 radical (unpaired) electrons. The minimum atomic E-state index is -0.557. The summed E-state index contributed by atoms with van der Waals surface area (Å²) in [5.41, 5.74) is 2.00. The molecule has 2 fully saturated rings. The highest BCUT2D eigenvalue weighted by molar-refractivity contribution is 6.30. The first-order valence-corrected chi connectivity index (χ1v) is 11.9. The van der Waals surface area contributed by atoms with E-state index in [0.717, 1.165) is 43.4 Å². The quantitative estimate of drug-likeness (QED) is 0.504. The van der Waals surface area contributed by atoms with Crippen molar-refractivity contribution in [2.45, 2.75) is 57.1 Å². The Kier molecular flexibility index (Phi) is 7.48. The van der Waals surface area contributed by atoms with Gasteiger partial charge in [0, 0.05) is 18.1 Å². The van der Waals surface area contributed by atoms with E-state index in [4.69, 9.17) is 21.1 Å². The minimum absolute atomic E-state index is 0.0205. The van der Waals surface area contributed by atoms with Gasteiger partial charge < -0.3 is 9.47 Å². The third-order valence-corrected chi connectivity index (χ3v) is 6.96. The van der Waals surface area contributed by atoms with Crippen LogP contribution in [0.2, 0.25) is 5.02 Å². The number of halogens is 1.